The quantitative estimate of drug-likeness (QED) is 0.847. The van der Waals surface area contributed by atoms with Gasteiger partial charge in [-0.15, -0.1) is 23.5 Å². The minimum atomic E-state index is 0.693. The zero-order valence-electron chi connectivity index (χ0n) is 9.55. The second kappa shape index (κ2) is 5.80. The van der Waals surface area contributed by atoms with Crippen molar-refractivity contribution in [2.45, 2.75) is 22.1 Å². The van der Waals surface area contributed by atoms with Gasteiger partial charge in [0.1, 0.15) is 0 Å². The van der Waals surface area contributed by atoms with Gasteiger partial charge in [-0.2, -0.15) is 0 Å². The standard InChI is InChI=1S/C12H16BrNS2/c1-15-11-6-9(8-3-4-14-7-8)5-10(13)12(11)16-2/h5-6,8,14H,3-4,7H2,1-2H3. The summed E-state index contributed by atoms with van der Waals surface area (Å²) in [5.41, 5.74) is 1.47. The second-order valence-electron chi connectivity index (χ2n) is 3.93. The van der Waals surface area contributed by atoms with Crippen LogP contribution in [0.4, 0.5) is 0 Å². The Balaban J connectivity index is 2.36. The first-order chi connectivity index (χ1) is 7.76. The lowest BCUT2D eigenvalue weighted by atomic mass is 9.99. The Morgan fingerprint density at radius 2 is 2.12 bits per heavy atom. The highest BCUT2D eigenvalue weighted by Crippen LogP contribution is 2.38. The third-order valence-corrected chi connectivity index (χ3v) is 5.61. The van der Waals surface area contributed by atoms with Crippen LogP contribution in [0.2, 0.25) is 0 Å². The normalized spacial score (nSPS) is 20.3. The molecule has 2 rings (SSSR count). The first kappa shape index (κ1) is 12.8. The fraction of sp³-hybridized carbons (Fsp3) is 0.500. The molecule has 0 bridgehead atoms. The largest absolute Gasteiger partial charge is 0.316 e. The van der Waals surface area contributed by atoms with Crippen LogP contribution in [-0.2, 0) is 0 Å². The first-order valence-electron chi connectivity index (χ1n) is 5.38. The predicted molar refractivity (Wildman–Crippen MR) is 77.9 cm³/mol. The molecule has 1 nitrogen and oxygen atoms in total. The molecule has 1 aliphatic rings. The van der Waals surface area contributed by atoms with Crippen LogP contribution in [0.5, 0.6) is 0 Å². The molecule has 0 amide bonds. The number of rotatable bonds is 3. The zero-order valence-corrected chi connectivity index (χ0v) is 12.8. The maximum atomic E-state index is 3.69. The summed E-state index contributed by atoms with van der Waals surface area (Å²) in [5.74, 6) is 0.693. The summed E-state index contributed by atoms with van der Waals surface area (Å²) in [4.78, 5) is 2.76. The van der Waals surface area contributed by atoms with Gasteiger partial charge >= 0.3 is 0 Å². The third kappa shape index (κ3) is 2.61. The van der Waals surface area contributed by atoms with Gasteiger partial charge in [-0.1, -0.05) is 0 Å². The lowest BCUT2D eigenvalue weighted by Crippen LogP contribution is -2.08. The van der Waals surface area contributed by atoms with Crippen molar-refractivity contribution in [2.75, 3.05) is 25.6 Å². The molecule has 1 N–H and O–H groups in total. The van der Waals surface area contributed by atoms with E-state index in [1.54, 1.807) is 0 Å². The summed E-state index contributed by atoms with van der Waals surface area (Å²) in [5, 5.41) is 3.43. The van der Waals surface area contributed by atoms with E-state index < -0.39 is 0 Å². The number of hydrogen-bond acceptors (Lipinski definition) is 3. The lowest BCUT2D eigenvalue weighted by molar-refractivity contribution is 0.758. The molecule has 1 aromatic rings. The Morgan fingerprint density at radius 1 is 1.31 bits per heavy atom. The van der Waals surface area contributed by atoms with Crippen molar-refractivity contribution >= 4 is 39.5 Å². The summed E-state index contributed by atoms with van der Waals surface area (Å²) >= 11 is 7.34. The molecule has 0 spiro atoms. The van der Waals surface area contributed by atoms with Crippen LogP contribution >= 0.6 is 39.5 Å². The van der Waals surface area contributed by atoms with Crippen molar-refractivity contribution < 1.29 is 0 Å². The Kier molecular flexibility index (Phi) is 4.65. The van der Waals surface area contributed by atoms with Crippen LogP contribution in [0.25, 0.3) is 0 Å². The fourth-order valence-corrected chi connectivity index (χ4v) is 4.77. The van der Waals surface area contributed by atoms with Crippen molar-refractivity contribution in [2.24, 2.45) is 0 Å². The summed E-state index contributed by atoms with van der Waals surface area (Å²) in [6.45, 7) is 2.28. The minimum absolute atomic E-state index is 0.693. The highest BCUT2D eigenvalue weighted by atomic mass is 79.9. The molecule has 1 aromatic carbocycles. The van der Waals surface area contributed by atoms with Gasteiger partial charge in [-0.05, 0) is 65.0 Å². The van der Waals surface area contributed by atoms with Gasteiger partial charge in [0.2, 0.25) is 0 Å². The molecule has 16 heavy (non-hydrogen) atoms. The lowest BCUT2D eigenvalue weighted by Gasteiger charge is -2.14. The van der Waals surface area contributed by atoms with Crippen LogP contribution in [0, 0.1) is 0 Å². The van der Waals surface area contributed by atoms with E-state index in [1.165, 1.54) is 26.2 Å². The maximum Gasteiger partial charge on any atom is 0.0348 e. The molecule has 1 fully saturated rings. The summed E-state index contributed by atoms with van der Waals surface area (Å²) in [6, 6.07) is 4.65. The Morgan fingerprint density at radius 3 is 2.69 bits per heavy atom. The number of thioether (sulfide) groups is 2. The van der Waals surface area contributed by atoms with Crippen molar-refractivity contribution in [3.63, 3.8) is 0 Å². The van der Waals surface area contributed by atoms with Crippen LogP contribution < -0.4 is 5.32 Å². The molecule has 0 saturated carbocycles. The van der Waals surface area contributed by atoms with E-state index in [1.807, 2.05) is 23.5 Å². The molecular weight excluding hydrogens is 302 g/mol. The average Bonchev–Trinajstić information content (AvgIpc) is 2.81. The van der Waals surface area contributed by atoms with E-state index in [2.05, 4.69) is 45.9 Å². The Labute approximate surface area is 114 Å². The molecule has 88 valence electrons. The Hall–Kier alpha value is 0.360. The number of benzene rings is 1. The number of nitrogens with one attached hydrogen (secondary N) is 1. The summed E-state index contributed by atoms with van der Waals surface area (Å²) in [6.07, 6.45) is 5.55. The average molecular weight is 318 g/mol. The molecule has 1 atom stereocenters. The molecular formula is C12H16BrNS2. The van der Waals surface area contributed by atoms with Crippen molar-refractivity contribution in [1.82, 2.24) is 5.32 Å². The fourth-order valence-electron chi connectivity index (χ4n) is 2.11. The highest BCUT2D eigenvalue weighted by molar-refractivity contribution is 9.10. The van der Waals surface area contributed by atoms with Gasteiger partial charge in [-0.3, -0.25) is 0 Å². The SMILES string of the molecule is CSc1cc(C2CCNC2)cc(Br)c1SC. The van der Waals surface area contributed by atoms with Crippen LogP contribution in [-0.4, -0.2) is 25.6 Å². The van der Waals surface area contributed by atoms with Gasteiger partial charge in [0.15, 0.2) is 0 Å². The second-order valence-corrected chi connectivity index (χ2v) is 6.45. The molecule has 0 aliphatic carbocycles. The third-order valence-electron chi connectivity index (χ3n) is 2.99. The van der Waals surface area contributed by atoms with E-state index in [0.29, 0.717) is 5.92 Å². The van der Waals surface area contributed by atoms with Crippen molar-refractivity contribution in [3.05, 3.63) is 22.2 Å². The summed E-state index contributed by atoms with van der Waals surface area (Å²) < 4.78 is 1.24. The molecule has 0 aromatic heterocycles. The number of halogens is 1. The Bertz CT molecular complexity index is 376. The number of hydrogen-bond donors (Lipinski definition) is 1. The van der Waals surface area contributed by atoms with Crippen molar-refractivity contribution in [1.29, 1.82) is 0 Å². The zero-order chi connectivity index (χ0) is 11.5. The van der Waals surface area contributed by atoms with E-state index in [4.69, 9.17) is 0 Å². The molecule has 4 heteroatoms. The van der Waals surface area contributed by atoms with Crippen molar-refractivity contribution in [3.8, 4) is 0 Å². The van der Waals surface area contributed by atoms with Gasteiger partial charge in [0, 0.05) is 20.8 Å². The van der Waals surface area contributed by atoms with Gasteiger partial charge < -0.3 is 5.32 Å². The van der Waals surface area contributed by atoms with Gasteiger partial charge in [0.05, 0.1) is 0 Å². The van der Waals surface area contributed by atoms with E-state index in [0.717, 1.165) is 13.1 Å². The maximum absolute atomic E-state index is 3.69. The van der Waals surface area contributed by atoms with Crippen LogP contribution in [0.3, 0.4) is 0 Å². The van der Waals surface area contributed by atoms with E-state index in [9.17, 15) is 0 Å². The monoisotopic (exact) mass is 317 g/mol. The van der Waals surface area contributed by atoms with Crippen LogP contribution in [0.15, 0.2) is 26.4 Å². The minimum Gasteiger partial charge on any atom is -0.316 e. The molecule has 1 aliphatic heterocycles. The topological polar surface area (TPSA) is 12.0 Å². The molecule has 1 unspecified atom stereocenters. The van der Waals surface area contributed by atoms with Gasteiger partial charge in [0.25, 0.3) is 0 Å². The smallest absolute Gasteiger partial charge is 0.0348 e. The first-order valence-corrected chi connectivity index (χ1v) is 8.62. The van der Waals surface area contributed by atoms with E-state index >= 15 is 0 Å². The van der Waals surface area contributed by atoms with Crippen LogP contribution in [0.1, 0.15) is 17.9 Å². The predicted octanol–water partition coefficient (Wildman–Crippen LogP) is 3.97. The summed E-state index contributed by atoms with van der Waals surface area (Å²) in [7, 11) is 0. The molecule has 1 saturated heterocycles. The molecule has 0 radical (unpaired) electrons. The molecule has 1 heterocycles. The van der Waals surface area contributed by atoms with E-state index in [-0.39, 0.29) is 0 Å². The van der Waals surface area contributed by atoms with Gasteiger partial charge in [-0.25, -0.2) is 0 Å². The highest BCUT2D eigenvalue weighted by Gasteiger charge is 2.19.